The van der Waals surface area contributed by atoms with E-state index in [4.69, 9.17) is 9.47 Å². The van der Waals surface area contributed by atoms with Gasteiger partial charge in [0, 0.05) is 24.2 Å². The monoisotopic (exact) mass is 643 g/mol. The summed E-state index contributed by atoms with van der Waals surface area (Å²) in [6, 6.07) is 19.8. The van der Waals surface area contributed by atoms with Crippen molar-refractivity contribution >= 4 is 29.4 Å². The van der Waals surface area contributed by atoms with E-state index in [0.29, 0.717) is 52.8 Å². The summed E-state index contributed by atoms with van der Waals surface area (Å²) in [5.74, 6) is -0.871. The molecular formula is C37H45N3O7. The van der Waals surface area contributed by atoms with E-state index in [9.17, 15) is 24.3 Å². The average Bonchev–Trinajstić information content (AvgIpc) is 3.07. The number of carboxylic acids is 1. The number of benzene rings is 3. The smallest absolute Gasteiger partial charge is 0.343 e. The molecule has 1 saturated heterocycles. The first-order valence-electron chi connectivity index (χ1n) is 16.5. The van der Waals surface area contributed by atoms with Gasteiger partial charge in [-0.05, 0) is 104 Å². The van der Waals surface area contributed by atoms with Gasteiger partial charge in [0.1, 0.15) is 18.0 Å². The standard InChI is InChI=1S/C37H45N3O7/c1-2-3-4-5-6-22-46-32-19-13-30(14-20-32)37(45)47-33-17-9-27(10-18-33)25-40(26-35(42)43)36(44)29-11-15-31(16-12-29)39-34(41)23-28-8-7-21-38-24-28/h9-20,28,38H,2-8,21-26H2,1H3,(H,39,41)(H,42,43). The number of aliphatic carboxylic acids is 1. The van der Waals surface area contributed by atoms with Crippen molar-refractivity contribution in [2.45, 2.75) is 64.8 Å². The maximum absolute atomic E-state index is 13.3. The van der Waals surface area contributed by atoms with Gasteiger partial charge >= 0.3 is 11.9 Å². The lowest BCUT2D eigenvalue weighted by Gasteiger charge is -2.22. The van der Waals surface area contributed by atoms with Gasteiger partial charge in [-0.1, -0.05) is 44.7 Å². The van der Waals surface area contributed by atoms with Crippen molar-refractivity contribution in [3.8, 4) is 11.5 Å². The number of nitrogens with zero attached hydrogens (tertiary/aromatic N) is 1. The Bertz CT molecular complexity index is 1450. The molecule has 1 atom stereocenters. The van der Waals surface area contributed by atoms with Gasteiger partial charge in [0.15, 0.2) is 0 Å². The predicted molar refractivity (Wildman–Crippen MR) is 180 cm³/mol. The Morgan fingerprint density at radius 2 is 1.55 bits per heavy atom. The molecule has 10 heteroatoms. The number of amides is 2. The molecule has 0 aliphatic carbocycles. The van der Waals surface area contributed by atoms with Crippen molar-refractivity contribution in [2.75, 3.05) is 31.6 Å². The SMILES string of the molecule is CCCCCCCOc1ccc(C(=O)Oc2ccc(CN(CC(=O)O)C(=O)c3ccc(NC(=O)CC4CCCNC4)cc3)cc2)cc1. The normalized spacial score (nSPS) is 14.2. The van der Waals surface area contributed by atoms with Crippen LogP contribution in [0.2, 0.25) is 0 Å². The quantitative estimate of drug-likeness (QED) is 0.0885. The van der Waals surface area contributed by atoms with Gasteiger partial charge in [-0.25, -0.2) is 4.79 Å². The highest BCUT2D eigenvalue weighted by molar-refractivity contribution is 5.97. The van der Waals surface area contributed by atoms with Crippen LogP contribution in [-0.2, 0) is 16.1 Å². The molecule has 0 spiro atoms. The summed E-state index contributed by atoms with van der Waals surface area (Å²) >= 11 is 0. The molecule has 0 radical (unpaired) electrons. The predicted octanol–water partition coefficient (Wildman–Crippen LogP) is 6.31. The molecule has 3 aromatic carbocycles. The zero-order chi connectivity index (χ0) is 33.4. The number of carbonyl (C=O) groups excluding carboxylic acids is 3. The molecule has 4 rings (SSSR count). The number of carboxylic acid groups (broad SMARTS) is 1. The zero-order valence-corrected chi connectivity index (χ0v) is 27.0. The van der Waals surface area contributed by atoms with Gasteiger partial charge in [0.05, 0.1) is 12.2 Å². The first-order valence-corrected chi connectivity index (χ1v) is 16.5. The molecule has 2 amide bonds. The minimum Gasteiger partial charge on any atom is -0.494 e. The Morgan fingerprint density at radius 3 is 2.21 bits per heavy atom. The largest absolute Gasteiger partial charge is 0.494 e. The number of piperidine rings is 1. The number of carbonyl (C=O) groups is 4. The zero-order valence-electron chi connectivity index (χ0n) is 27.0. The van der Waals surface area contributed by atoms with Gasteiger partial charge in [0.25, 0.3) is 5.91 Å². The summed E-state index contributed by atoms with van der Waals surface area (Å²) in [5.41, 5.74) is 1.92. The van der Waals surface area contributed by atoms with Crippen LogP contribution in [0.4, 0.5) is 5.69 Å². The van der Waals surface area contributed by atoms with E-state index in [1.54, 1.807) is 72.8 Å². The second kappa shape index (κ2) is 18.4. The van der Waals surface area contributed by atoms with Crippen LogP contribution < -0.4 is 20.1 Å². The summed E-state index contributed by atoms with van der Waals surface area (Å²) in [6.07, 6.45) is 8.29. The van der Waals surface area contributed by atoms with Crippen LogP contribution in [0.5, 0.6) is 11.5 Å². The first kappa shape index (κ1) is 35.2. The van der Waals surface area contributed by atoms with Gasteiger partial charge in [-0.3, -0.25) is 14.4 Å². The molecule has 1 heterocycles. The lowest BCUT2D eigenvalue weighted by Crippen LogP contribution is -2.35. The van der Waals surface area contributed by atoms with Crippen molar-refractivity contribution in [3.05, 3.63) is 89.5 Å². The molecule has 1 fully saturated rings. The third kappa shape index (κ3) is 11.9. The average molecular weight is 644 g/mol. The number of rotatable bonds is 17. The van der Waals surface area contributed by atoms with Crippen molar-refractivity contribution in [1.82, 2.24) is 10.2 Å². The number of anilines is 1. The minimum absolute atomic E-state index is 0.0351. The molecule has 0 aromatic heterocycles. The van der Waals surface area contributed by atoms with Crippen LogP contribution in [0, 0.1) is 5.92 Å². The minimum atomic E-state index is -1.15. The van der Waals surface area contributed by atoms with Crippen LogP contribution in [-0.4, -0.2) is 60.0 Å². The van der Waals surface area contributed by atoms with E-state index in [2.05, 4.69) is 17.6 Å². The van der Waals surface area contributed by atoms with E-state index < -0.39 is 24.4 Å². The van der Waals surface area contributed by atoms with Crippen molar-refractivity contribution in [3.63, 3.8) is 0 Å². The highest BCUT2D eigenvalue weighted by atomic mass is 16.5. The van der Waals surface area contributed by atoms with E-state index in [-0.39, 0.29) is 12.5 Å². The number of unbranched alkanes of at least 4 members (excludes halogenated alkanes) is 4. The van der Waals surface area contributed by atoms with E-state index >= 15 is 0 Å². The van der Waals surface area contributed by atoms with E-state index in [0.717, 1.165) is 38.8 Å². The topological polar surface area (TPSA) is 134 Å². The van der Waals surface area contributed by atoms with Crippen molar-refractivity contribution in [2.24, 2.45) is 5.92 Å². The fraction of sp³-hybridized carbons (Fsp3) is 0.405. The number of nitrogens with one attached hydrogen (secondary N) is 2. The third-order valence-electron chi connectivity index (χ3n) is 8.02. The van der Waals surface area contributed by atoms with Crippen LogP contribution in [0.25, 0.3) is 0 Å². The summed E-state index contributed by atoms with van der Waals surface area (Å²) in [7, 11) is 0. The molecule has 3 aromatic rings. The Morgan fingerprint density at radius 1 is 0.872 bits per heavy atom. The van der Waals surface area contributed by atoms with Crippen LogP contribution in [0.1, 0.15) is 84.6 Å². The number of esters is 1. The fourth-order valence-corrected chi connectivity index (χ4v) is 5.45. The number of hydrogen-bond donors (Lipinski definition) is 3. The van der Waals surface area contributed by atoms with Crippen LogP contribution in [0.15, 0.2) is 72.8 Å². The highest BCUT2D eigenvalue weighted by Gasteiger charge is 2.20. The molecular weight excluding hydrogens is 598 g/mol. The lowest BCUT2D eigenvalue weighted by atomic mass is 9.96. The van der Waals surface area contributed by atoms with Crippen LogP contribution in [0.3, 0.4) is 0 Å². The molecule has 1 unspecified atom stereocenters. The van der Waals surface area contributed by atoms with Crippen molar-refractivity contribution in [1.29, 1.82) is 0 Å². The highest BCUT2D eigenvalue weighted by Crippen LogP contribution is 2.20. The molecule has 10 nitrogen and oxygen atoms in total. The van der Waals surface area contributed by atoms with Gasteiger partial charge in [-0.2, -0.15) is 0 Å². The second-order valence-electron chi connectivity index (χ2n) is 11.9. The Balaban J connectivity index is 1.28. The van der Waals surface area contributed by atoms with E-state index in [1.807, 2.05) is 0 Å². The Labute approximate surface area is 276 Å². The maximum atomic E-state index is 13.3. The third-order valence-corrected chi connectivity index (χ3v) is 8.02. The number of ether oxygens (including phenoxy) is 2. The molecule has 250 valence electrons. The fourth-order valence-electron chi connectivity index (χ4n) is 5.45. The van der Waals surface area contributed by atoms with Gasteiger partial charge in [-0.15, -0.1) is 0 Å². The van der Waals surface area contributed by atoms with Crippen molar-refractivity contribution < 1.29 is 33.8 Å². The molecule has 1 aliphatic heterocycles. The molecule has 47 heavy (non-hydrogen) atoms. The molecule has 3 N–H and O–H groups in total. The molecule has 1 aliphatic rings. The summed E-state index contributed by atoms with van der Waals surface area (Å²) < 4.78 is 11.3. The first-order chi connectivity index (χ1) is 22.8. The van der Waals surface area contributed by atoms with Crippen LogP contribution >= 0.6 is 0 Å². The number of hydrogen-bond acceptors (Lipinski definition) is 7. The summed E-state index contributed by atoms with van der Waals surface area (Å²) in [5, 5.41) is 15.7. The summed E-state index contributed by atoms with van der Waals surface area (Å²) in [6.45, 7) is 4.18. The molecule has 0 bridgehead atoms. The maximum Gasteiger partial charge on any atom is 0.343 e. The Hall–Kier alpha value is -4.70. The molecule has 0 saturated carbocycles. The van der Waals surface area contributed by atoms with E-state index in [1.165, 1.54) is 24.2 Å². The lowest BCUT2D eigenvalue weighted by molar-refractivity contribution is -0.137. The summed E-state index contributed by atoms with van der Waals surface area (Å²) in [4.78, 5) is 51.2. The van der Waals surface area contributed by atoms with Gasteiger partial charge < -0.3 is 30.1 Å². The Kier molecular flexibility index (Phi) is 13.8. The van der Waals surface area contributed by atoms with Gasteiger partial charge in [0.2, 0.25) is 5.91 Å². The second-order valence-corrected chi connectivity index (χ2v) is 11.9.